The molecule has 1 atom stereocenters. The van der Waals surface area contributed by atoms with Gasteiger partial charge in [0.25, 0.3) is 0 Å². The van der Waals surface area contributed by atoms with Crippen LogP contribution < -0.4 is 4.90 Å². The molecule has 3 rings (SSSR count). The Morgan fingerprint density at radius 3 is 2.91 bits per heavy atom. The van der Waals surface area contributed by atoms with Gasteiger partial charge in [-0.3, -0.25) is 4.79 Å². The van der Waals surface area contributed by atoms with Crippen molar-refractivity contribution in [1.29, 1.82) is 0 Å². The highest BCUT2D eigenvalue weighted by Gasteiger charge is 2.48. The summed E-state index contributed by atoms with van der Waals surface area (Å²) in [5.74, 6) is 2.18. The van der Waals surface area contributed by atoms with Gasteiger partial charge in [0.05, 0.1) is 5.41 Å². The van der Waals surface area contributed by atoms with Gasteiger partial charge < -0.3 is 9.80 Å². The molecule has 1 spiro atoms. The maximum atomic E-state index is 12.7. The first-order chi connectivity index (χ1) is 10.6. The second kappa shape index (κ2) is 5.86. The van der Waals surface area contributed by atoms with Crippen LogP contribution in [0.25, 0.3) is 0 Å². The molecule has 3 heterocycles. The number of amides is 1. The minimum atomic E-state index is -0.185. The summed E-state index contributed by atoms with van der Waals surface area (Å²) in [6.45, 7) is 6.74. The molecule has 1 amide bonds. The molecule has 1 aromatic heterocycles. The van der Waals surface area contributed by atoms with Gasteiger partial charge in [-0.2, -0.15) is 0 Å². The van der Waals surface area contributed by atoms with Gasteiger partial charge in [-0.15, -0.1) is 0 Å². The van der Waals surface area contributed by atoms with E-state index < -0.39 is 0 Å². The number of nitrogens with zero attached hydrogens (tertiary/aromatic N) is 4. The molecule has 2 fully saturated rings. The van der Waals surface area contributed by atoms with E-state index in [-0.39, 0.29) is 5.41 Å². The molecular formula is C17H26N4O. The van der Waals surface area contributed by atoms with Gasteiger partial charge >= 0.3 is 0 Å². The van der Waals surface area contributed by atoms with Crippen molar-refractivity contribution in [3.8, 4) is 0 Å². The first-order valence-corrected chi connectivity index (χ1v) is 8.39. The van der Waals surface area contributed by atoms with Crippen LogP contribution in [0, 0.1) is 12.3 Å². The molecule has 2 saturated heterocycles. The van der Waals surface area contributed by atoms with Crippen LogP contribution in [0.4, 0.5) is 5.82 Å². The second-order valence-electron chi connectivity index (χ2n) is 6.80. The minimum Gasteiger partial charge on any atom is -0.355 e. The summed E-state index contributed by atoms with van der Waals surface area (Å²) in [6, 6.07) is 0. The Labute approximate surface area is 132 Å². The van der Waals surface area contributed by atoms with Crippen molar-refractivity contribution < 1.29 is 4.79 Å². The van der Waals surface area contributed by atoms with Gasteiger partial charge in [0, 0.05) is 38.4 Å². The number of hydrogen-bond acceptors (Lipinski definition) is 4. The van der Waals surface area contributed by atoms with Crippen LogP contribution in [0.5, 0.6) is 0 Å². The lowest BCUT2D eigenvalue weighted by Gasteiger charge is -2.37. The zero-order valence-electron chi connectivity index (χ0n) is 13.9. The fraction of sp³-hybridized carbons (Fsp3) is 0.706. The van der Waals surface area contributed by atoms with Crippen LogP contribution in [0.2, 0.25) is 0 Å². The number of aryl methyl sites for hydroxylation is 2. The summed E-state index contributed by atoms with van der Waals surface area (Å²) in [5.41, 5.74) is 1.02. The van der Waals surface area contributed by atoms with Crippen LogP contribution in [-0.4, -0.2) is 47.5 Å². The average Bonchev–Trinajstić information content (AvgIpc) is 2.92. The molecule has 2 aliphatic heterocycles. The van der Waals surface area contributed by atoms with Crippen molar-refractivity contribution in [2.24, 2.45) is 5.41 Å². The molecule has 120 valence electrons. The van der Waals surface area contributed by atoms with Crippen molar-refractivity contribution in [2.75, 3.05) is 31.6 Å². The van der Waals surface area contributed by atoms with Gasteiger partial charge in [-0.05, 0) is 32.6 Å². The molecule has 5 heteroatoms. The van der Waals surface area contributed by atoms with E-state index >= 15 is 0 Å². The summed E-state index contributed by atoms with van der Waals surface area (Å²) in [7, 11) is 1.93. The number of piperidine rings is 1. The van der Waals surface area contributed by atoms with Crippen molar-refractivity contribution >= 4 is 11.7 Å². The summed E-state index contributed by atoms with van der Waals surface area (Å²) in [6.07, 6.45) is 7.11. The van der Waals surface area contributed by atoms with Gasteiger partial charge in [0.15, 0.2) is 0 Å². The summed E-state index contributed by atoms with van der Waals surface area (Å²) in [4.78, 5) is 25.9. The first-order valence-electron chi connectivity index (χ1n) is 8.39. The third kappa shape index (κ3) is 2.57. The van der Waals surface area contributed by atoms with E-state index in [0.29, 0.717) is 5.91 Å². The molecule has 1 aromatic rings. The molecule has 0 aromatic carbocycles. The predicted octanol–water partition coefficient (Wildman–Crippen LogP) is 2.19. The van der Waals surface area contributed by atoms with Crippen molar-refractivity contribution in [1.82, 2.24) is 14.9 Å². The highest BCUT2D eigenvalue weighted by molar-refractivity contribution is 5.84. The molecule has 22 heavy (non-hydrogen) atoms. The minimum absolute atomic E-state index is 0.185. The van der Waals surface area contributed by atoms with Crippen molar-refractivity contribution in [3.05, 3.63) is 17.6 Å². The fourth-order valence-corrected chi connectivity index (χ4v) is 3.90. The molecule has 0 N–H and O–H groups in total. The smallest absolute Gasteiger partial charge is 0.230 e. The van der Waals surface area contributed by atoms with Crippen LogP contribution >= 0.6 is 0 Å². The average molecular weight is 302 g/mol. The lowest BCUT2D eigenvalue weighted by molar-refractivity contribution is -0.143. The standard InChI is InChI=1S/C17H26N4O/c1-4-6-14-11-18-13(2)19-15(14)21-10-8-17(12-21)7-5-9-20(3)16(17)22/h11H,4-10,12H2,1-3H3/t17-/m0/s1. The van der Waals surface area contributed by atoms with E-state index in [1.165, 1.54) is 5.56 Å². The number of rotatable bonds is 3. The number of hydrogen-bond donors (Lipinski definition) is 0. The first kappa shape index (κ1) is 15.3. The van der Waals surface area contributed by atoms with Crippen LogP contribution in [0.15, 0.2) is 6.20 Å². The van der Waals surface area contributed by atoms with Crippen molar-refractivity contribution in [3.63, 3.8) is 0 Å². The molecule has 5 nitrogen and oxygen atoms in total. The van der Waals surface area contributed by atoms with E-state index in [2.05, 4.69) is 21.8 Å². The Morgan fingerprint density at radius 1 is 1.32 bits per heavy atom. The Morgan fingerprint density at radius 2 is 2.14 bits per heavy atom. The fourth-order valence-electron chi connectivity index (χ4n) is 3.90. The lowest BCUT2D eigenvalue weighted by atomic mass is 9.78. The van der Waals surface area contributed by atoms with Crippen molar-refractivity contribution in [2.45, 2.75) is 46.0 Å². The highest BCUT2D eigenvalue weighted by Crippen LogP contribution is 2.41. The van der Waals surface area contributed by atoms with Crippen LogP contribution in [-0.2, 0) is 11.2 Å². The van der Waals surface area contributed by atoms with Gasteiger partial charge in [-0.1, -0.05) is 13.3 Å². The Bertz CT molecular complexity index is 574. The monoisotopic (exact) mass is 302 g/mol. The molecule has 0 saturated carbocycles. The molecule has 2 aliphatic rings. The summed E-state index contributed by atoms with van der Waals surface area (Å²) in [5, 5.41) is 0. The lowest BCUT2D eigenvalue weighted by Crippen LogP contribution is -2.48. The normalized spacial score (nSPS) is 25.3. The van der Waals surface area contributed by atoms with E-state index in [0.717, 1.165) is 63.4 Å². The quantitative estimate of drug-likeness (QED) is 0.859. The zero-order valence-corrected chi connectivity index (χ0v) is 13.9. The van der Waals surface area contributed by atoms with E-state index in [4.69, 9.17) is 0 Å². The summed E-state index contributed by atoms with van der Waals surface area (Å²) < 4.78 is 0. The maximum Gasteiger partial charge on any atom is 0.230 e. The van der Waals surface area contributed by atoms with E-state index in [9.17, 15) is 4.79 Å². The topological polar surface area (TPSA) is 49.3 Å². The van der Waals surface area contributed by atoms with Gasteiger partial charge in [0.2, 0.25) is 5.91 Å². The number of anilines is 1. The van der Waals surface area contributed by atoms with E-state index in [1.54, 1.807) is 0 Å². The Hall–Kier alpha value is -1.65. The predicted molar refractivity (Wildman–Crippen MR) is 86.9 cm³/mol. The largest absolute Gasteiger partial charge is 0.355 e. The van der Waals surface area contributed by atoms with Gasteiger partial charge in [0.1, 0.15) is 11.6 Å². The zero-order chi connectivity index (χ0) is 15.7. The molecule has 0 radical (unpaired) electrons. The van der Waals surface area contributed by atoms with Crippen LogP contribution in [0.1, 0.15) is 44.0 Å². The van der Waals surface area contributed by atoms with Crippen LogP contribution in [0.3, 0.4) is 0 Å². The SMILES string of the molecule is CCCc1cnc(C)nc1N1CC[C@@]2(CCCN(C)C2=O)C1. The maximum absolute atomic E-state index is 12.7. The second-order valence-corrected chi connectivity index (χ2v) is 6.80. The number of aromatic nitrogens is 2. The Kier molecular flexibility index (Phi) is 4.06. The molecule has 0 aliphatic carbocycles. The third-order valence-corrected chi connectivity index (χ3v) is 5.08. The van der Waals surface area contributed by atoms with E-state index in [1.807, 2.05) is 25.1 Å². The Balaban J connectivity index is 1.86. The molecule has 0 bridgehead atoms. The highest BCUT2D eigenvalue weighted by atomic mass is 16.2. The third-order valence-electron chi connectivity index (χ3n) is 5.08. The number of likely N-dealkylation sites (tertiary alicyclic amines) is 1. The number of carbonyl (C=O) groups excluding carboxylic acids is 1. The summed E-state index contributed by atoms with van der Waals surface area (Å²) >= 11 is 0. The number of carbonyl (C=O) groups is 1. The molecular weight excluding hydrogens is 276 g/mol. The van der Waals surface area contributed by atoms with Gasteiger partial charge in [-0.25, -0.2) is 9.97 Å². The molecule has 0 unspecified atom stereocenters.